The SMILES string of the molecule is Cc1noc(C)c1NC(=O)N(C)C[C@@H]1Oc2ccc(NS(=O)(=O)c3c(C)noc3C)cc2CC(=O)N([C@@H](C)CO)C[C@@H]1C. The highest BCUT2D eigenvalue weighted by atomic mass is 32.2. The van der Waals surface area contributed by atoms with Gasteiger partial charge < -0.3 is 34.0 Å². The van der Waals surface area contributed by atoms with Gasteiger partial charge in [-0.2, -0.15) is 0 Å². The molecular formula is C28H38N6O8S. The van der Waals surface area contributed by atoms with Crippen molar-refractivity contribution in [2.75, 3.05) is 36.8 Å². The molecule has 3 heterocycles. The van der Waals surface area contributed by atoms with Crippen LogP contribution < -0.4 is 14.8 Å². The number of sulfonamides is 1. The second-order valence-corrected chi connectivity index (χ2v) is 12.6. The number of benzene rings is 1. The number of carbonyl (C=O) groups is 2. The van der Waals surface area contributed by atoms with Crippen molar-refractivity contribution < 1.29 is 36.9 Å². The summed E-state index contributed by atoms with van der Waals surface area (Å²) in [7, 11) is -2.41. The van der Waals surface area contributed by atoms with Crippen molar-refractivity contribution in [3.8, 4) is 5.75 Å². The summed E-state index contributed by atoms with van der Waals surface area (Å²) in [5.74, 6) is 0.501. The molecule has 0 spiro atoms. The lowest BCUT2D eigenvalue weighted by atomic mass is 10.0. The Balaban J connectivity index is 1.64. The van der Waals surface area contributed by atoms with E-state index in [0.29, 0.717) is 28.5 Å². The molecule has 4 rings (SSSR count). The fourth-order valence-electron chi connectivity index (χ4n) is 4.99. The molecule has 234 valence electrons. The second kappa shape index (κ2) is 12.6. The lowest BCUT2D eigenvalue weighted by Gasteiger charge is -2.34. The summed E-state index contributed by atoms with van der Waals surface area (Å²) in [6, 6.07) is 3.82. The molecule has 0 radical (unpaired) electrons. The van der Waals surface area contributed by atoms with E-state index in [0.717, 1.165) is 0 Å². The van der Waals surface area contributed by atoms with Gasteiger partial charge in [-0.3, -0.25) is 9.52 Å². The Bertz CT molecular complexity index is 1560. The average molecular weight is 619 g/mol. The first kappa shape index (κ1) is 31.8. The monoisotopic (exact) mass is 618 g/mol. The molecule has 3 aromatic rings. The van der Waals surface area contributed by atoms with E-state index >= 15 is 0 Å². The van der Waals surface area contributed by atoms with Crippen LogP contribution in [0.25, 0.3) is 0 Å². The van der Waals surface area contributed by atoms with Gasteiger partial charge in [0.05, 0.1) is 25.6 Å². The molecular weight excluding hydrogens is 580 g/mol. The van der Waals surface area contributed by atoms with Gasteiger partial charge >= 0.3 is 6.03 Å². The third-order valence-electron chi connectivity index (χ3n) is 7.47. The maximum absolute atomic E-state index is 13.5. The molecule has 0 saturated carbocycles. The molecule has 3 amide bonds. The van der Waals surface area contributed by atoms with Crippen LogP contribution in [0.1, 0.15) is 42.3 Å². The van der Waals surface area contributed by atoms with Crippen LogP contribution in [-0.2, 0) is 21.2 Å². The van der Waals surface area contributed by atoms with Gasteiger partial charge in [0, 0.05) is 30.8 Å². The summed E-state index contributed by atoms with van der Waals surface area (Å²) in [5.41, 5.74) is 1.93. The number of nitrogens with zero attached hydrogens (tertiary/aromatic N) is 4. The number of hydrogen-bond donors (Lipinski definition) is 3. The summed E-state index contributed by atoms with van der Waals surface area (Å²) < 4.78 is 45.4. The molecule has 3 atom stereocenters. The molecule has 0 unspecified atom stereocenters. The highest BCUT2D eigenvalue weighted by Gasteiger charge is 2.32. The molecule has 2 aromatic heterocycles. The van der Waals surface area contributed by atoms with Gasteiger partial charge in [-0.05, 0) is 52.8 Å². The molecule has 1 aromatic carbocycles. The van der Waals surface area contributed by atoms with Crippen LogP contribution in [0.15, 0.2) is 32.1 Å². The number of rotatable bonds is 8. The van der Waals surface area contributed by atoms with E-state index in [2.05, 4.69) is 20.4 Å². The lowest BCUT2D eigenvalue weighted by molar-refractivity contribution is -0.134. The summed E-state index contributed by atoms with van der Waals surface area (Å²) in [4.78, 5) is 29.6. The van der Waals surface area contributed by atoms with Gasteiger partial charge in [-0.25, -0.2) is 13.2 Å². The zero-order valence-corrected chi connectivity index (χ0v) is 26.1. The van der Waals surface area contributed by atoms with Crippen molar-refractivity contribution in [1.29, 1.82) is 0 Å². The zero-order valence-electron chi connectivity index (χ0n) is 25.3. The number of anilines is 2. The van der Waals surface area contributed by atoms with Gasteiger partial charge in [0.1, 0.15) is 28.9 Å². The molecule has 14 nitrogen and oxygen atoms in total. The Morgan fingerprint density at radius 3 is 2.44 bits per heavy atom. The van der Waals surface area contributed by atoms with Crippen LogP contribution in [0.4, 0.5) is 16.2 Å². The fourth-order valence-corrected chi connectivity index (χ4v) is 6.37. The Morgan fingerprint density at radius 2 is 1.84 bits per heavy atom. The molecule has 0 bridgehead atoms. The average Bonchev–Trinajstić information content (AvgIpc) is 3.47. The summed E-state index contributed by atoms with van der Waals surface area (Å²) in [6.45, 7) is 10.3. The van der Waals surface area contributed by atoms with Crippen LogP contribution in [0.3, 0.4) is 0 Å². The topological polar surface area (TPSA) is 180 Å². The van der Waals surface area contributed by atoms with Gasteiger partial charge in [0.25, 0.3) is 10.0 Å². The van der Waals surface area contributed by atoms with E-state index in [1.54, 1.807) is 50.9 Å². The normalized spacial score (nSPS) is 18.1. The van der Waals surface area contributed by atoms with Gasteiger partial charge in [-0.1, -0.05) is 17.2 Å². The second-order valence-electron chi connectivity index (χ2n) is 11.0. The number of ether oxygens (including phenoxy) is 1. The van der Waals surface area contributed by atoms with Crippen molar-refractivity contribution in [3.05, 3.63) is 46.7 Å². The van der Waals surface area contributed by atoms with E-state index in [9.17, 15) is 23.1 Å². The molecule has 1 aliphatic rings. The van der Waals surface area contributed by atoms with Gasteiger partial charge in [0.15, 0.2) is 16.4 Å². The highest BCUT2D eigenvalue weighted by molar-refractivity contribution is 7.92. The number of aliphatic hydroxyl groups excluding tert-OH is 1. The first-order chi connectivity index (χ1) is 20.2. The number of urea groups is 1. The number of aromatic nitrogens is 2. The summed E-state index contributed by atoms with van der Waals surface area (Å²) in [5, 5.41) is 20.3. The van der Waals surface area contributed by atoms with Crippen molar-refractivity contribution in [2.45, 2.75) is 65.0 Å². The molecule has 1 aliphatic heterocycles. The minimum absolute atomic E-state index is 0.0573. The highest BCUT2D eigenvalue weighted by Crippen LogP contribution is 2.31. The van der Waals surface area contributed by atoms with Crippen LogP contribution in [0.2, 0.25) is 0 Å². The first-order valence-corrected chi connectivity index (χ1v) is 15.3. The van der Waals surface area contributed by atoms with E-state index in [1.165, 1.54) is 18.7 Å². The van der Waals surface area contributed by atoms with Gasteiger partial charge in [0.2, 0.25) is 5.91 Å². The molecule has 0 fully saturated rings. The maximum atomic E-state index is 13.5. The number of amides is 3. The minimum Gasteiger partial charge on any atom is -0.488 e. The largest absolute Gasteiger partial charge is 0.488 e. The number of fused-ring (bicyclic) bond motifs is 1. The Morgan fingerprint density at radius 1 is 1.16 bits per heavy atom. The third-order valence-corrected chi connectivity index (χ3v) is 9.10. The third kappa shape index (κ3) is 6.94. The van der Waals surface area contributed by atoms with Crippen LogP contribution in [-0.4, -0.2) is 84.5 Å². The molecule has 0 saturated heterocycles. The first-order valence-electron chi connectivity index (χ1n) is 13.8. The van der Waals surface area contributed by atoms with E-state index < -0.39 is 28.2 Å². The van der Waals surface area contributed by atoms with Crippen LogP contribution in [0, 0.1) is 33.6 Å². The fraction of sp³-hybridized carbons (Fsp3) is 0.500. The number of hydrogen-bond acceptors (Lipinski definition) is 10. The van der Waals surface area contributed by atoms with Gasteiger partial charge in [-0.15, -0.1) is 0 Å². The lowest BCUT2D eigenvalue weighted by Crippen LogP contribution is -2.48. The number of nitrogens with one attached hydrogen (secondary N) is 2. The van der Waals surface area contributed by atoms with Crippen LogP contribution >= 0.6 is 0 Å². The Kier molecular flexibility index (Phi) is 9.35. The maximum Gasteiger partial charge on any atom is 0.321 e. The van der Waals surface area contributed by atoms with Crippen LogP contribution in [0.5, 0.6) is 5.75 Å². The number of carbonyl (C=O) groups excluding carboxylic acids is 2. The van der Waals surface area contributed by atoms with E-state index in [1.807, 2.05) is 6.92 Å². The summed E-state index contributed by atoms with van der Waals surface area (Å²) in [6.07, 6.45) is -0.661. The van der Waals surface area contributed by atoms with Crippen molar-refractivity contribution in [3.63, 3.8) is 0 Å². The quantitative estimate of drug-likeness (QED) is 0.340. The molecule has 0 aliphatic carbocycles. The minimum atomic E-state index is -4.03. The predicted octanol–water partition coefficient (Wildman–Crippen LogP) is 3.01. The number of likely N-dealkylation sites (N-methyl/N-ethyl adjacent to an activating group) is 1. The standard InChI is InChI=1S/C28H38N6O8S/c1-15-12-34(16(2)14-35)25(36)11-21-10-22(32-43(38,39)27-18(4)31-42-20(27)6)8-9-23(21)40-24(15)13-33(7)28(37)29-26-17(3)30-41-19(26)5/h8-10,15-16,24,32,35H,11-14H2,1-7H3,(H,29,37)/t15-,16-,24-/m0/s1. The van der Waals surface area contributed by atoms with Crippen molar-refractivity contribution in [1.82, 2.24) is 20.1 Å². The van der Waals surface area contributed by atoms with E-state index in [-0.39, 0.29) is 60.0 Å². The summed E-state index contributed by atoms with van der Waals surface area (Å²) >= 11 is 0. The molecule has 15 heteroatoms. The number of aryl methyl sites for hydroxylation is 4. The molecule has 3 N–H and O–H groups in total. The Labute approximate surface area is 250 Å². The molecule has 43 heavy (non-hydrogen) atoms. The van der Waals surface area contributed by atoms with E-state index in [4.69, 9.17) is 13.8 Å². The predicted molar refractivity (Wildman–Crippen MR) is 156 cm³/mol. The smallest absolute Gasteiger partial charge is 0.321 e. The zero-order chi connectivity index (χ0) is 31.6. The van der Waals surface area contributed by atoms with Crippen molar-refractivity contribution >= 4 is 33.3 Å². The Hall–Kier alpha value is -4.11. The number of aliphatic hydroxyl groups is 1. The van der Waals surface area contributed by atoms with Crippen molar-refractivity contribution in [2.24, 2.45) is 5.92 Å².